The molecule has 0 saturated heterocycles. The number of aromatic nitrogens is 6. The average Bonchev–Trinajstić information content (AvgIpc) is 3.45. The number of hydrogen-bond donors (Lipinski definition) is 3. The van der Waals surface area contributed by atoms with E-state index in [0.29, 0.717) is 22.7 Å². The minimum atomic E-state index is -0.491. The van der Waals surface area contributed by atoms with Crippen molar-refractivity contribution in [2.24, 2.45) is 0 Å². The summed E-state index contributed by atoms with van der Waals surface area (Å²) in [6, 6.07) is 9.71. The van der Waals surface area contributed by atoms with Gasteiger partial charge in [0.05, 0.1) is 12.4 Å². The molecule has 0 aliphatic heterocycles. The van der Waals surface area contributed by atoms with E-state index in [1.807, 2.05) is 12.1 Å². The number of amides is 1. The van der Waals surface area contributed by atoms with Crippen molar-refractivity contribution < 1.29 is 9.18 Å². The lowest BCUT2D eigenvalue weighted by molar-refractivity contribution is 0.0964. The summed E-state index contributed by atoms with van der Waals surface area (Å²) in [7, 11) is 1.55. The zero-order valence-corrected chi connectivity index (χ0v) is 18.3. The summed E-state index contributed by atoms with van der Waals surface area (Å²) in [5.74, 6) is -0.109. The van der Waals surface area contributed by atoms with Crippen molar-refractivity contribution in [1.29, 1.82) is 0 Å². The molecule has 0 fully saturated rings. The third kappa shape index (κ3) is 3.35. The molecule has 5 aromatic rings. The van der Waals surface area contributed by atoms with Crippen LogP contribution >= 0.6 is 0 Å². The van der Waals surface area contributed by atoms with E-state index < -0.39 is 5.82 Å². The van der Waals surface area contributed by atoms with Gasteiger partial charge in [-0.05, 0) is 37.0 Å². The van der Waals surface area contributed by atoms with Crippen LogP contribution in [0, 0.1) is 5.82 Å². The maximum Gasteiger partial charge on any atom is 0.256 e. The Morgan fingerprint density at radius 1 is 1.21 bits per heavy atom. The molecule has 10 heteroatoms. The van der Waals surface area contributed by atoms with Crippen LogP contribution in [0.1, 0.15) is 28.0 Å². The summed E-state index contributed by atoms with van der Waals surface area (Å²) in [5, 5.41) is 11.7. The second-order valence-corrected chi connectivity index (χ2v) is 8.35. The lowest BCUT2D eigenvalue weighted by Crippen LogP contribution is -2.29. The molecule has 4 aromatic heterocycles. The second-order valence-electron chi connectivity index (χ2n) is 8.35. The fourth-order valence-corrected chi connectivity index (χ4v) is 4.60. The smallest absolute Gasteiger partial charge is 0.256 e. The number of H-pyrrole nitrogens is 1. The van der Waals surface area contributed by atoms with Gasteiger partial charge in [0.1, 0.15) is 11.4 Å². The number of para-hydroxylation sites is 1. The highest BCUT2D eigenvalue weighted by Crippen LogP contribution is 2.30. The molecule has 9 nitrogen and oxygen atoms in total. The number of fused-ring (bicyclic) bond motifs is 4. The summed E-state index contributed by atoms with van der Waals surface area (Å²) < 4.78 is 15.4. The van der Waals surface area contributed by atoms with Gasteiger partial charge in [0.25, 0.3) is 5.91 Å². The zero-order valence-electron chi connectivity index (χ0n) is 18.3. The Labute approximate surface area is 193 Å². The van der Waals surface area contributed by atoms with Gasteiger partial charge in [-0.1, -0.05) is 18.2 Å². The van der Waals surface area contributed by atoms with Crippen molar-refractivity contribution in [2.45, 2.75) is 25.3 Å². The molecule has 1 amide bonds. The van der Waals surface area contributed by atoms with Crippen LogP contribution in [-0.4, -0.2) is 48.5 Å². The molecule has 0 saturated carbocycles. The van der Waals surface area contributed by atoms with Crippen molar-refractivity contribution in [3.8, 4) is 11.4 Å². The number of aryl methyl sites for hydroxylation is 1. The minimum Gasteiger partial charge on any atom is -0.358 e. The monoisotopic (exact) mass is 456 g/mol. The largest absolute Gasteiger partial charge is 0.358 e. The predicted octanol–water partition coefficient (Wildman–Crippen LogP) is 3.14. The highest BCUT2D eigenvalue weighted by molar-refractivity contribution is 5.99. The molecule has 1 atom stereocenters. The predicted molar refractivity (Wildman–Crippen MR) is 125 cm³/mol. The molecule has 0 radical (unpaired) electrons. The standard InChI is InChI=1S/C24H21FN8O/c1-26-23(34)18-12-28-33-22(18)31-21(13-8-14(25)11-27-10-13)32-24(33)29-15-6-7-20-17(9-15)16-4-2-3-5-19(16)30-20/h2-5,8,10-12,15,30H,6-7,9H2,1H3,(H,26,34)(H,29,31,32)/t15-/m1/s1. The molecule has 3 N–H and O–H groups in total. The first-order valence-corrected chi connectivity index (χ1v) is 11.0. The van der Waals surface area contributed by atoms with Crippen LogP contribution < -0.4 is 10.6 Å². The van der Waals surface area contributed by atoms with Gasteiger partial charge in [-0.2, -0.15) is 14.6 Å². The van der Waals surface area contributed by atoms with Crippen LogP contribution in [0.3, 0.4) is 0 Å². The van der Waals surface area contributed by atoms with E-state index in [9.17, 15) is 9.18 Å². The summed E-state index contributed by atoms with van der Waals surface area (Å²) >= 11 is 0. The summed E-state index contributed by atoms with van der Waals surface area (Å²) in [6.45, 7) is 0. The van der Waals surface area contributed by atoms with Gasteiger partial charge in [0.15, 0.2) is 11.5 Å². The number of rotatable bonds is 4. The second kappa shape index (κ2) is 7.91. The van der Waals surface area contributed by atoms with Crippen LogP contribution in [0.25, 0.3) is 27.9 Å². The number of carbonyl (C=O) groups is 1. The highest BCUT2D eigenvalue weighted by atomic mass is 19.1. The van der Waals surface area contributed by atoms with E-state index >= 15 is 0 Å². The van der Waals surface area contributed by atoms with Crippen LogP contribution in [0.2, 0.25) is 0 Å². The SMILES string of the molecule is CNC(=O)c1cnn2c(N[C@@H]3CCc4[nH]c5ccccc5c4C3)nc(-c3cncc(F)c3)nc12. The molecular formula is C24H21FN8O. The van der Waals surface area contributed by atoms with Gasteiger partial charge >= 0.3 is 0 Å². The molecule has 0 bridgehead atoms. The summed E-state index contributed by atoms with van der Waals surface area (Å²) in [5.41, 5.74) is 4.75. The van der Waals surface area contributed by atoms with Crippen molar-refractivity contribution >= 4 is 28.4 Å². The number of nitrogens with zero attached hydrogens (tertiary/aromatic N) is 5. The van der Waals surface area contributed by atoms with Gasteiger partial charge in [0.2, 0.25) is 5.95 Å². The number of nitrogens with one attached hydrogen (secondary N) is 3. The van der Waals surface area contributed by atoms with Crippen molar-refractivity contribution in [2.75, 3.05) is 12.4 Å². The Kier molecular flexibility index (Phi) is 4.72. The van der Waals surface area contributed by atoms with Crippen LogP contribution in [0.4, 0.5) is 10.3 Å². The zero-order chi connectivity index (χ0) is 23.2. The van der Waals surface area contributed by atoms with Gasteiger partial charge < -0.3 is 15.6 Å². The van der Waals surface area contributed by atoms with E-state index in [4.69, 9.17) is 0 Å². The quantitative estimate of drug-likeness (QED) is 0.383. The Morgan fingerprint density at radius 3 is 2.94 bits per heavy atom. The van der Waals surface area contributed by atoms with E-state index in [0.717, 1.165) is 31.0 Å². The van der Waals surface area contributed by atoms with Gasteiger partial charge in [-0.15, -0.1) is 0 Å². The molecule has 1 aliphatic carbocycles. The van der Waals surface area contributed by atoms with Crippen molar-refractivity contribution in [1.82, 2.24) is 34.9 Å². The number of anilines is 1. The van der Waals surface area contributed by atoms with E-state index in [-0.39, 0.29) is 17.8 Å². The number of pyridine rings is 1. The minimum absolute atomic E-state index is 0.0935. The van der Waals surface area contributed by atoms with E-state index in [1.165, 1.54) is 39.6 Å². The normalized spacial score (nSPS) is 15.4. The van der Waals surface area contributed by atoms with E-state index in [2.05, 4.69) is 47.8 Å². The van der Waals surface area contributed by atoms with Crippen LogP contribution in [-0.2, 0) is 12.8 Å². The first-order valence-electron chi connectivity index (χ1n) is 11.0. The van der Waals surface area contributed by atoms with Gasteiger partial charge in [0, 0.05) is 41.4 Å². The highest BCUT2D eigenvalue weighted by Gasteiger charge is 2.25. The topological polar surface area (TPSA) is 113 Å². The third-order valence-corrected chi connectivity index (χ3v) is 6.23. The first kappa shape index (κ1) is 20.3. The molecule has 1 aliphatic rings. The Hall–Kier alpha value is -4.34. The van der Waals surface area contributed by atoms with Crippen molar-refractivity contribution in [3.05, 3.63) is 71.6 Å². The Morgan fingerprint density at radius 2 is 2.09 bits per heavy atom. The molecule has 6 rings (SSSR count). The molecule has 1 aromatic carbocycles. The van der Waals surface area contributed by atoms with Gasteiger partial charge in [-0.3, -0.25) is 9.78 Å². The summed E-state index contributed by atoms with van der Waals surface area (Å²) in [6.07, 6.45) is 6.68. The maximum absolute atomic E-state index is 13.9. The molecule has 4 heterocycles. The molecular weight excluding hydrogens is 435 g/mol. The lowest BCUT2D eigenvalue weighted by atomic mass is 9.91. The average molecular weight is 456 g/mol. The maximum atomic E-state index is 13.9. The van der Waals surface area contributed by atoms with Crippen LogP contribution in [0.5, 0.6) is 0 Å². The fraction of sp³-hybridized carbons (Fsp3) is 0.208. The molecule has 34 heavy (non-hydrogen) atoms. The fourth-order valence-electron chi connectivity index (χ4n) is 4.60. The number of carbonyl (C=O) groups excluding carboxylic acids is 1. The van der Waals surface area contributed by atoms with Crippen LogP contribution in [0.15, 0.2) is 48.9 Å². The first-order chi connectivity index (χ1) is 16.6. The van der Waals surface area contributed by atoms with Crippen molar-refractivity contribution in [3.63, 3.8) is 0 Å². The molecule has 0 spiro atoms. The van der Waals surface area contributed by atoms with Gasteiger partial charge in [-0.25, -0.2) is 9.37 Å². The Balaban J connectivity index is 1.42. The number of aromatic amines is 1. The summed E-state index contributed by atoms with van der Waals surface area (Å²) in [4.78, 5) is 29.0. The lowest BCUT2D eigenvalue weighted by Gasteiger charge is -2.24. The number of hydrogen-bond acceptors (Lipinski definition) is 6. The molecule has 170 valence electrons. The molecule has 0 unspecified atom stereocenters. The Bertz CT molecular complexity index is 1560. The number of benzene rings is 1. The van der Waals surface area contributed by atoms with E-state index in [1.54, 1.807) is 7.05 Å². The third-order valence-electron chi connectivity index (χ3n) is 6.23. The number of halogens is 1.